The monoisotopic (exact) mass is 227 g/mol. The molecular formula is C13H13N3O. The van der Waals surface area contributed by atoms with Gasteiger partial charge >= 0.3 is 0 Å². The maximum atomic E-state index is 11.5. The van der Waals surface area contributed by atoms with Gasteiger partial charge in [-0.05, 0) is 19.1 Å². The van der Waals surface area contributed by atoms with E-state index in [0.29, 0.717) is 11.4 Å². The predicted molar refractivity (Wildman–Crippen MR) is 63.5 cm³/mol. The Kier molecular flexibility index (Phi) is 2.84. The van der Waals surface area contributed by atoms with Crippen molar-refractivity contribution in [3.05, 3.63) is 58.3 Å². The number of hydrogen-bond acceptors (Lipinski definition) is 3. The number of nitrogens with zero attached hydrogens (tertiary/aromatic N) is 2. The molecule has 1 aliphatic heterocycles. The van der Waals surface area contributed by atoms with Crippen LogP contribution < -0.4 is 10.0 Å². The third kappa shape index (κ3) is 2.13. The number of nitrogens with one attached hydrogen (secondary N) is 1. The summed E-state index contributed by atoms with van der Waals surface area (Å²) in [7, 11) is 0. The highest BCUT2D eigenvalue weighted by Crippen LogP contribution is 2.25. The summed E-state index contributed by atoms with van der Waals surface area (Å²) in [6.07, 6.45) is 5.31. The summed E-state index contributed by atoms with van der Waals surface area (Å²) < 4.78 is 0.848. The van der Waals surface area contributed by atoms with E-state index in [4.69, 9.17) is 5.26 Å². The van der Waals surface area contributed by atoms with E-state index in [1.165, 1.54) is 6.20 Å². The molecule has 2 rings (SSSR count). The first-order chi connectivity index (χ1) is 8.11. The van der Waals surface area contributed by atoms with Gasteiger partial charge in [0.2, 0.25) is 0 Å². The molecule has 1 aliphatic rings. The minimum absolute atomic E-state index is 0.0210. The van der Waals surface area contributed by atoms with E-state index in [9.17, 15) is 5.21 Å². The van der Waals surface area contributed by atoms with Gasteiger partial charge in [-0.1, -0.05) is 6.08 Å². The number of aromatic nitrogens is 1. The molecule has 2 heterocycles. The van der Waals surface area contributed by atoms with Gasteiger partial charge in [0, 0.05) is 30.2 Å². The number of pyridine rings is 1. The fourth-order valence-corrected chi connectivity index (χ4v) is 1.97. The molecule has 0 fully saturated rings. The zero-order valence-electron chi connectivity index (χ0n) is 9.77. The van der Waals surface area contributed by atoms with Crippen LogP contribution in [0, 0.1) is 23.5 Å². The first-order valence-corrected chi connectivity index (χ1v) is 5.38. The van der Waals surface area contributed by atoms with Gasteiger partial charge in [0.05, 0.1) is 0 Å². The summed E-state index contributed by atoms with van der Waals surface area (Å²) in [5.41, 5.74) is 3.04. The van der Waals surface area contributed by atoms with Gasteiger partial charge in [0.15, 0.2) is 11.9 Å². The number of allylic oxidation sites excluding steroid dienone is 4. The van der Waals surface area contributed by atoms with Crippen LogP contribution in [0.1, 0.15) is 24.1 Å². The van der Waals surface area contributed by atoms with Gasteiger partial charge in [-0.25, -0.2) is 0 Å². The fraction of sp³-hybridized carbons (Fsp3) is 0.231. The van der Waals surface area contributed by atoms with Crippen LogP contribution in [-0.2, 0) is 0 Å². The van der Waals surface area contributed by atoms with Crippen molar-refractivity contribution in [1.82, 2.24) is 5.32 Å². The van der Waals surface area contributed by atoms with Gasteiger partial charge in [-0.2, -0.15) is 9.99 Å². The van der Waals surface area contributed by atoms with Gasteiger partial charge < -0.3 is 10.5 Å². The molecular weight excluding hydrogens is 214 g/mol. The molecule has 0 bridgehead atoms. The van der Waals surface area contributed by atoms with Crippen LogP contribution in [0.5, 0.6) is 0 Å². The van der Waals surface area contributed by atoms with Crippen molar-refractivity contribution in [2.75, 3.05) is 0 Å². The highest BCUT2D eigenvalue weighted by molar-refractivity contribution is 5.39. The zero-order chi connectivity index (χ0) is 12.4. The maximum absolute atomic E-state index is 11.5. The van der Waals surface area contributed by atoms with E-state index in [1.807, 2.05) is 25.1 Å². The Bertz CT molecular complexity index is 552. The standard InChI is InChI=1S/C13H13N3O/c1-9-6-11(7-12(8-14)15-9)13-4-3-5-16(17)10(13)2/h3-7,11,15H,1-2H3. The van der Waals surface area contributed by atoms with Crippen LogP contribution in [0.15, 0.2) is 41.9 Å². The first-order valence-electron chi connectivity index (χ1n) is 5.38. The molecule has 1 N–H and O–H groups in total. The van der Waals surface area contributed by atoms with Crippen molar-refractivity contribution >= 4 is 0 Å². The fourth-order valence-electron chi connectivity index (χ4n) is 1.97. The molecule has 4 heteroatoms. The summed E-state index contributed by atoms with van der Waals surface area (Å²) in [4.78, 5) is 0. The van der Waals surface area contributed by atoms with Crippen molar-refractivity contribution in [1.29, 1.82) is 5.26 Å². The lowest BCUT2D eigenvalue weighted by atomic mass is 9.94. The third-order valence-electron chi connectivity index (χ3n) is 2.83. The summed E-state index contributed by atoms with van der Waals surface area (Å²) >= 11 is 0. The Hall–Kier alpha value is -2.28. The van der Waals surface area contributed by atoms with Gasteiger partial charge in [0.25, 0.3) is 0 Å². The van der Waals surface area contributed by atoms with Gasteiger partial charge in [-0.3, -0.25) is 0 Å². The topological polar surface area (TPSA) is 62.8 Å². The summed E-state index contributed by atoms with van der Waals surface area (Å²) in [6, 6.07) is 5.73. The molecule has 0 saturated carbocycles. The van der Waals surface area contributed by atoms with Crippen LogP contribution in [0.4, 0.5) is 0 Å². The van der Waals surface area contributed by atoms with Crippen molar-refractivity contribution < 1.29 is 4.73 Å². The van der Waals surface area contributed by atoms with Crippen LogP contribution in [0.3, 0.4) is 0 Å². The third-order valence-corrected chi connectivity index (χ3v) is 2.83. The minimum Gasteiger partial charge on any atom is -0.619 e. The average molecular weight is 227 g/mol. The van der Waals surface area contributed by atoms with Crippen LogP contribution in [0.2, 0.25) is 0 Å². The largest absolute Gasteiger partial charge is 0.619 e. The molecule has 17 heavy (non-hydrogen) atoms. The van der Waals surface area contributed by atoms with E-state index >= 15 is 0 Å². The van der Waals surface area contributed by atoms with Crippen molar-refractivity contribution in [2.24, 2.45) is 0 Å². The molecule has 1 aromatic rings. The molecule has 86 valence electrons. The Morgan fingerprint density at radius 2 is 2.18 bits per heavy atom. The van der Waals surface area contributed by atoms with Gasteiger partial charge in [0.1, 0.15) is 11.8 Å². The normalized spacial score (nSPS) is 18.8. The molecule has 0 amide bonds. The second-order valence-electron chi connectivity index (χ2n) is 4.07. The van der Waals surface area contributed by atoms with E-state index in [1.54, 1.807) is 13.0 Å². The molecule has 4 nitrogen and oxygen atoms in total. The van der Waals surface area contributed by atoms with E-state index in [0.717, 1.165) is 16.0 Å². The highest BCUT2D eigenvalue weighted by Gasteiger charge is 2.18. The zero-order valence-corrected chi connectivity index (χ0v) is 9.77. The quantitative estimate of drug-likeness (QED) is 0.585. The van der Waals surface area contributed by atoms with Crippen LogP contribution in [0.25, 0.3) is 0 Å². The van der Waals surface area contributed by atoms with E-state index in [-0.39, 0.29) is 5.92 Å². The molecule has 0 radical (unpaired) electrons. The molecule has 1 unspecified atom stereocenters. The number of hydrogen-bond donors (Lipinski definition) is 1. The lowest BCUT2D eigenvalue weighted by molar-refractivity contribution is -0.612. The molecule has 0 saturated heterocycles. The maximum Gasteiger partial charge on any atom is 0.193 e. The molecule has 0 aromatic carbocycles. The summed E-state index contributed by atoms with van der Waals surface area (Å²) in [5.74, 6) is -0.0210. The predicted octanol–water partition coefficient (Wildman–Crippen LogP) is 1.63. The van der Waals surface area contributed by atoms with E-state index < -0.39 is 0 Å². The van der Waals surface area contributed by atoms with Crippen molar-refractivity contribution in [3.8, 4) is 6.07 Å². The first kappa shape index (κ1) is 11.2. The Morgan fingerprint density at radius 3 is 2.88 bits per heavy atom. The number of nitriles is 1. The Labute approximate surface area is 100 Å². The number of dihydropyridines is 1. The SMILES string of the molecule is CC1=CC(c2ccc[n+]([O-])c2C)C=C(C#N)N1. The number of rotatable bonds is 1. The summed E-state index contributed by atoms with van der Waals surface area (Å²) in [6.45, 7) is 3.69. The van der Waals surface area contributed by atoms with Crippen LogP contribution in [-0.4, -0.2) is 0 Å². The van der Waals surface area contributed by atoms with E-state index in [2.05, 4.69) is 11.4 Å². The average Bonchev–Trinajstić information content (AvgIpc) is 2.31. The summed E-state index contributed by atoms with van der Waals surface area (Å²) in [5, 5.41) is 23.4. The molecule has 1 aromatic heterocycles. The molecule has 0 spiro atoms. The van der Waals surface area contributed by atoms with Crippen LogP contribution >= 0.6 is 0 Å². The highest BCUT2D eigenvalue weighted by atomic mass is 16.5. The lowest BCUT2D eigenvalue weighted by Gasteiger charge is -2.18. The Morgan fingerprint density at radius 1 is 1.41 bits per heavy atom. The molecule has 0 aliphatic carbocycles. The second-order valence-corrected chi connectivity index (χ2v) is 4.07. The lowest BCUT2D eigenvalue weighted by Crippen LogP contribution is -2.31. The van der Waals surface area contributed by atoms with Gasteiger partial charge in [-0.15, -0.1) is 0 Å². The smallest absolute Gasteiger partial charge is 0.193 e. The second kappa shape index (κ2) is 4.30. The minimum atomic E-state index is -0.0210. The Balaban J connectivity index is 2.47. The van der Waals surface area contributed by atoms with Crippen molar-refractivity contribution in [2.45, 2.75) is 19.8 Å². The molecule has 1 atom stereocenters. The van der Waals surface area contributed by atoms with Crippen molar-refractivity contribution in [3.63, 3.8) is 0 Å².